The van der Waals surface area contributed by atoms with Crippen LogP contribution in [0.3, 0.4) is 0 Å². The molecule has 1 heterocycles. The molecule has 8 nitrogen and oxygen atoms in total. The lowest BCUT2D eigenvalue weighted by Gasteiger charge is -2.20. The number of carbonyl (C=O) groups is 1. The molecule has 188 valence electrons. The van der Waals surface area contributed by atoms with Gasteiger partial charge in [0.05, 0.1) is 12.6 Å². The minimum absolute atomic E-state index is 0.159. The van der Waals surface area contributed by atoms with Gasteiger partial charge in [-0.15, -0.1) is 5.10 Å². The molecule has 0 saturated carbocycles. The third kappa shape index (κ3) is 6.50. The monoisotopic (exact) mass is 512 g/mol. The topological polar surface area (TPSA) is 109 Å². The highest BCUT2D eigenvalue weighted by Gasteiger charge is 2.39. The molecule has 3 N–H and O–H groups in total. The van der Waals surface area contributed by atoms with Gasteiger partial charge in [-0.25, -0.2) is 9.48 Å². The Hall–Kier alpha value is -3.15. The third-order valence-electron chi connectivity index (χ3n) is 5.37. The highest BCUT2D eigenvalue weighted by atomic mass is 35.5. The van der Waals surface area contributed by atoms with Gasteiger partial charge in [-0.1, -0.05) is 35.9 Å². The second kappa shape index (κ2) is 11.1. The summed E-state index contributed by atoms with van der Waals surface area (Å²) in [7, 11) is 0. The molecule has 12 heteroatoms. The van der Waals surface area contributed by atoms with Crippen molar-refractivity contribution in [3.8, 4) is 11.4 Å². The number of halogens is 4. The molecule has 0 radical (unpaired) electrons. The number of rotatable bonds is 9. The molecule has 1 unspecified atom stereocenters. The predicted molar refractivity (Wildman–Crippen MR) is 123 cm³/mol. The average Bonchev–Trinajstić information content (AvgIpc) is 3.09. The molecule has 1 amide bonds. The van der Waals surface area contributed by atoms with E-state index in [-0.39, 0.29) is 24.4 Å². The number of nitrogens with zero attached hydrogens (tertiary/aromatic N) is 3. The minimum atomic E-state index is -4.96. The first-order chi connectivity index (χ1) is 16.5. The summed E-state index contributed by atoms with van der Waals surface area (Å²) in [5.41, 5.74) is 0.947. The Labute approximate surface area is 203 Å². The Kier molecular flexibility index (Phi) is 8.36. The van der Waals surface area contributed by atoms with Gasteiger partial charge in [0, 0.05) is 17.2 Å². The second-order valence-corrected chi connectivity index (χ2v) is 8.36. The van der Waals surface area contributed by atoms with Crippen LogP contribution in [0.2, 0.25) is 5.02 Å². The number of aromatic nitrogens is 3. The molecule has 3 rings (SSSR count). The minimum Gasteiger partial charge on any atom is -0.396 e. The van der Waals surface area contributed by atoms with Crippen LogP contribution in [0.1, 0.15) is 23.6 Å². The molecular weight excluding hydrogens is 489 g/mol. The van der Waals surface area contributed by atoms with E-state index < -0.39 is 43.0 Å². The van der Waals surface area contributed by atoms with Crippen LogP contribution >= 0.6 is 11.6 Å². The van der Waals surface area contributed by atoms with Crippen molar-refractivity contribution < 1.29 is 28.2 Å². The zero-order valence-electron chi connectivity index (χ0n) is 18.7. The number of benzene rings is 2. The van der Waals surface area contributed by atoms with Gasteiger partial charge in [0.2, 0.25) is 5.91 Å². The molecule has 2 aromatic carbocycles. The third-order valence-corrected chi connectivity index (χ3v) is 5.62. The van der Waals surface area contributed by atoms with Gasteiger partial charge in [-0.2, -0.15) is 13.2 Å². The van der Waals surface area contributed by atoms with E-state index >= 15 is 0 Å². The maximum Gasteiger partial charge on any atom is 0.416 e. The fourth-order valence-electron chi connectivity index (χ4n) is 3.59. The van der Waals surface area contributed by atoms with E-state index in [9.17, 15) is 33.0 Å². The highest BCUT2D eigenvalue weighted by molar-refractivity contribution is 6.30. The van der Waals surface area contributed by atoms with Crippen molar-refractivity contribution in [2.75, 3.05) is 6.61 Å². The van der Waals surface area contributed by atoms with Crippen LogP contribution in [-0.4, -0.2) is 49.4 Å². The molecule has 3 aromatic rings. The van der Waals surface area contributed by atoms with Gasteiger partial charge in [-0.05, 0) is 48.7 Å². The van der Waals surface area contributed by atoms with Crippen LogP contribution in [0.25, 0.3) is 11.4 Å². The van der Waals surface area contributed by atoms with Crippen molar-refractivity contribution in [1.82, 2.24) is 19.7 Å². The fraction of sp³-hybridized carbons (Fsp3) is 0.348. The molecule has 0 saturated heterocycles. The van der Waals surface area contributed by atoms with Crippen molar-refractivity contribution in [2.24, 2.45) is 0 Å². The van der Waals surface area contributed by atoms with Crippen molar-refractivity contribution in [3.05, 3.63) is 75.2 Å². The fourth-order valence-corrected chi connectivity index (χ4v) is 3.71. The normalized spacial score (nSPS) is 13.5. The summed E-state index contributed by atoms with van der Waals surface area (Å²) < 4.78 is 40.4. The van der Waals surface area contributed by atoms with Crippen LogP contribution in [0.4, 0.5) is 13.2 Å². The van der Waals surface area contributed by atoms with E-state index in [1.165, 1.54) is 24.3 Å². The lowest BCUT2D eigenvalue weighted by molar-refractivity contribution is -0.207. The van der Waals surface area contributed by atoms with Crippen molar-refractivity contribution in [3.63, 3.8) is 0 Å². The van der Waals surface area contributed by atoms with Crippen LogP contribution in [-0.2, 0) is 17.9 Å². The average molecular weight is 513 g/mol. The number of hydrogen-bond donors (Lipinski definition) is 3. The lowest BCUT2D eigenvalue weighted by Crippen LogP contribution is -2.39. The van der Waals surface area contributed by atoms with Crippen LogP contribution in [0.15, 0.2) is 53.3 Å². The molecule has 0 fully saturated rings. The van der Waals surface area contributed by atoms with E-state index in [1.807, 2.05) is 19.1 Å². The second-order valence-electron chi connectivity index (χ2n) is 7.93. The van der Waals surface area contributed by atoms with Crippen LogP contribution < -0.4 is 11.0 Å². The summed E-state index contributed by atoms with van der Waals surface area (Å²) in [4.78, 5) is 25.7. The summed E-state index contributed by atoms with van der Waals surface area (Å²) >= 11 is 5.87. The number of hydrogen-bond acceptors (Lipinski definition) is 5. The maximum absolute atomic E-state index is 13.0. The van der Waals surface area contributed by atoms with E-state index in [1.54, 1.807) is 12.1 Å². The SMILES string of the molecule is Cc1ccccc1C(CCO)NC(=O)Cn1nc(-c2ccc(Cl)cc2)n(C[C@H](O)C(F)(F)F)c1=O. The largest absolute Gasteiger partial charge is 0.416 e. The van der Waals surface area contributed by atoms with E-state index in [2.05, 4.69) is 10.4 Å². The summed E-state index contributed by atoms with van der Waals surface area (Å²) in [6.07, 6.45) is -7.55. The molecule has 2 atom stereocenters. The van der Waals surface area contributed by atoms with Gasteiger partial charge in [0.15, 0.2) is 11.9 Å². The number of aliphatic hydroxyl groups excluding tert-OH is 2. The maximum atomic E-state index is 13.0. The van der Waals surface area contributed by atoms with E-state index in [4.69, 9.17) is 11.6 Å². The number of nitrogens with one attached hydrogen (secondary N) is 1. The molecule has 0 spiro atoms. The lowest BCUT2D eigenvalue weighted by atomic mass is 9.99. The van der Waals surface area contributed by atoms with Crippen LogP contribution in [0, 0.1) is 6.92 Å². The van der Waals surface area contributed by atoms with E-state index in [0.717, 1.165) is 15.8 Å². The van der Waals surface area contributed by atoms with E-state index in [0.29, 0.717) is 9.59 Å². The zero-order chi connectivity index (χ0) is 25.8. The quantitative estimate of drug-likeness (QED) is 0.408. The summed E-state index contributed by atoms with van der Waals surface area (Å²) in [6, 6.07) is 12.6. The van der Waals surface area contributed by atoms with Crippen LogP contribution in [0.5, 0.6) is 0 Å². The molecule has 1 aromatic heterocycles. The Morgan fingerprint density at radius 2 is 1.83 bits per heavy atom. The Morgan fingerprint density at radius 3 is 2.43 bits per heavy atom. The smallest absolute Gasteiger partial charge is 0.396 e. The standard InChI is InChI=1S/C23H24ClF3N4O4/c1-14-4-2-3-5-17(14)18(10-11-32)28-20(34)13-31-22(35)30(12-19(33)23(25,26)27)21(29-31)15-6-8-16(24)9-7-15/h2-9,18-19,32-33H,10-13H2,1H3,(H,28,34)/t18?,19-/m0/s1. The number of aliphatic hydroxyl groups is 2. The number of carbonyl (C=O) groups excluding carboxylic acids is 1. The van der Waals surface area contributed by atoms with Gasteiger partial charge in [0.25, 0.3) is 0 Å². The van der Waals surface area contributed by atoms with Gasteiger partial charge in [0.1, 0.15) is 6.54 Å². The summed E-state index contributed by atoms with van der Waals surface area (Å²) in [6.45, 7) is -0.0348. The molecule has 0 bridgehead atoms. The Morgan fingerprint density at radius 1 is 1.17 bits per heavy atom. The summed E-state index contributed by atoms with van der Waals surface area (Å²) in [5, 5.41) is 26.1. The molecule has 0 aliphatic heterocycles. The first-order valence-corrected chi connectivity index (χ1v) is 11.0. The Balaban J connectivity index is 1.91. The van der Waals surface area contributed by atoms with Gasteiger partial charge < -0.3 is 15.5 Å². The van der Waals surface area contributed by atoms with Gasteiger partial charge in [-0.3, -0.25) is 9.36 Å². The highest BCUT2D eigenvalue weighted by Crippen LogP contribution is 2.24. The Bertz CT molecular complexity index is 1220. The van der Waals surface area contributed by atoms with Crippen molar-refractivity contribution in [2.45, 2.75) is 44.8 Å². The molecule has 0 aliphatic rings. The van der Waals surface area contributed by atoms with Crippen molar-refractivity contribution >= 4 is 17.5 Å². The predicted octanol–water partition coefficient (Wildman–Crippen LogP) is 2.84. The van der Waals surface area contributed by atoms with Crippen molar-refractivity contribution in [1.29, 1.82) is 0 Å². The first kappa shape index (κ1) is 26.5. The molecule has 35 heavy (non-hydrogen) atoms. The summed E-state index contributed by atoms with van der Waals surface area (Å²) in [5.74, 6) is -0.786. The molecule has 0 aliphatic carbocycles. The zero-order valence-corrected chi connectivity index (χ0v) is 19.4. The first-order valence-electron chi connectivity index (χ1n) is 10.7. The number of aryl methyl sites for hydroxylation is 1. The molecular formula is C23H24ClF3N4O4. The number of alkyl halides is 3. The number of amides is 1. The van der Waals surface area contributed by atoms with Gasteiger partial charge >= 0.3 is 11.9 Å².